The van der Waals surface area contributed by atoms with E-state index in [1.165, 1.54) is 44.9 Å². The fraction of sp³-hybridized carbons (Fsp3) is 0.857. The van der Waals surface area contributed by atoms with Crippen molar-refractivity contribution in [1.29, 1.82) is 0 Å². The second-order valence-electron chi connectivity index (χ2n) is 12.3. The van der Waals surface area contributed by atoms with Crippen LogP contribution in [-0.4, -0.2) is 11.2 Å². The van der Waals surface area contributed by atoms with E-state index in [0.29, 0.717) is 10.8 Å². The molecule has 4 aliphatic carbocycles. The van der Waals surface area contributed by atoms with E-state index >= 15 is 0 Å². The van der Waals surface area contributed by atoms with Gasteiger partial charge in [-0.1, -0.05) is 77.7 Å². The summed E-state index contributed by atoms with van der Waals surface area (Å²) in [5.74, 6) is 4.97. The molecule has 0 amide bonds. The van der Waals surface area contributed by atoms with Gasteiger partial charge in [-0.25, -0.2) is 0 Å². The Hall–Kier alpha value is -0.560. The fourth-order valence-corrected chi connectivity index (χ4v) is 8.02. The molecule has 0 heterocycles. The van der Waals surface area contributed by atoms with Gasteiger partial charge in [-0.05, 0) is 91.3 Å². The summed E-state index contributed by atoms with van der Waals surface area (Å²) in [7, 11) is 0. The molecule has 164 valence electrons. The molecule has 7 unspecified atom stereocenters. The van der Waals surface area contributed by atoms with Gasteiger partial charge >= 0.3 is 0 Å². The van der Waals surface area contributed by atoms with Crippen LogP contribution >= 0.6 is 0 Å². The minimum absolute atomic E-state index is 0.108. The van der Waals surface area contributed by atoms with Crippen molar-refractivity contribution >= 4 is 0 Å². The minimum Gasteiger partial charge on any atom is -0.393 e. The number of aliphatic hydroxyl groups is 1. The number of hydrogen-bond acceptors (Lipinski definition) is 1. The first-order valence-electron chi connectivity index (χ1n) is 12.8. The normalized spacial score (nSPS) is 43.7. The van der Waals surface area contributed by atoms with Gasteiger partial charge < -0.3 is 5.11 Å². The molecule has 0 aliphatic heterocycles. The summed E-state index contributed by atoms with van der Waals surface area (Å²) < 4.78 is 0. The van der Waals surface area contributed by atoms with Gasteiger partial charge in [0.25, 0.3) is 0 Å². The second-order valence-corrected chi connectivity index (χ2v) is 12.3. The Kier molecular flexibility index (Phi) is 5.86. The Morgan fingerprint density at radius 3 is 2.41 bits per heavy atom. The van der Waals surface area contributed by atoms with Gasteiger partial charge in [-0.3, -0.25) is 0 Å². The van der Waals surface area contributed by atoms with Crippen LogP contribution in [0.25, 0.3) is 0 Å². The molecule has 3 saturated carbocycles. The molecule has 0 spiro atoms. The van der Waals surface area contributed by atoms with Crippen LogP contribution in [0.15, 0.2) is 23.3 Å². The standard InChI is InChI=1S/C28H46O/c1-18(2)19(3)7-8-20(4)24-11-12-25-23-10-9-21-17-22(29)13-15-27(21,5)26(23)14-16-28(24,25)6/h9-10,18-20,22,24-26,29H,7-8,11-17H2,1-6H3/t19?,20?,22?,24?,25?,26-,27?,28?/m0/s1. The number of rotatable bonds is 5. The largest absolute Gasteiger partial charge is 0.393 e. The van der Waals surface area contributed by atoms with Gasteiger partial charge in [-0.2, -0.15) is 0 Å². The van der Waals surface area contributed by atoms with Crippen molar-refractivity contribution in [2.45, 2.75) is 105 Å². The van der Waals surface area contributed by atoms with Gasteiger partial charge in [0.15, 0.2) is 0 Å². The number of allylic oxidation sites excluding steroid dienone is 3. The molecule has 0 aromatic carbocycles. The molecule has 1 N–H and O–H groups in total. The SMILES string of the molecule is CC(C)C(C)CCC(C)C1CCC2C3=CC=C4CC(O)CCC4(C)[C@H]3CCC21C. The van der Waals surface area contributed by atoms with Gasteiger partial charge in [-0.15, -0.1) is 0 Å². The first-order valence-corrected chi connectivity index (χ1v) is 12.8. The molecule has 0 bridgehead atoms. The van der Waals surface area contributed by atoms with Crippen molar-refractivity contribution in [3.05, 3.63) is 23.3 Å². The Bertz CT molecular complexity index is 672. The molecule has 1 heteroatoms. The third kappa shape index (κ3) is 3.58. The van der Waals surface area contributed by atoms with Crippen LogP contribution < -0.4 is 0 Å². The van der Waals surface area contributed by atoms with Crippen LogP contribution in [-0.2, 0) is 0 Å². The molecule has 0 radical (unpaired) electrons. The summed E-state index contributed by atoms with van der Waals surface area (Å²) in [6, 6.07) is 0. The van der Waals surface area contributed by atoms with Crippen molar-refractivity contribution in [2.75, 3.05) is 0 Å². The fourth-order valence-electron chi connectivity index (χ4n) is 8.02. The smallest absolute Gasteiger partial charge is 0.0578 e. The van der Waals surface area contributed by atoms with Crippen molar-refractivity contribution in [3.63, 3.8) is 0 Å². The summed E-state index contributed by atoms with van der Waals surface area (Å²) in [6.45, 7) is 14.9. The molecule has 0 aromatic rings. The van der Waals surface area contributed by atoms with Crippen molar-refractivity contribution in [3.8, 4) is 0 Å². The molecule has 29 heavy (non-hydrogen) atoms. The Morgan fingerprint density at radius 2 is 1.69 bits per heavy atom. The lowest BCUT2D eigenvalue weighted by Crippen LogP contribution is -2.46. The van der Waals surface area contributed by atoms with Gasteiger partial charge in [0.1, 0.15) is 0 Å². The Morgan fingerprint density at radius 1 is 0.931 bits per heavy atom. The van der Waals surface area contributed by atoms with E-state index in [4.69, 9.17) is 0 Å². The van der Waals surface area contributed by atoms with Crippen LogP contribution in [0.1, 0.15) is 99.3 Å². The molecule has 8 atom stereocenters. The van der Waals surface area contributed by atoms with Gasteiger partial charge in [0.2, 0.25) is 0 Å². The second kappa shape index (κ2) is 7.85. The molecular formula is C28H46O. The summed E-state index contributed by atoms with van der Waals surface area (Å²) >= 11 is 0. The topological polar surface area (TPSA) is 20.2 Å². The number of fused-ring (bicyclic) bond motifs is 5. The van der Waals surface area contributed by atoms with E-state index in [2.05, 4.69) is 53.7 Å². The lowest BCUT2D eigenvalue weighted by atomic mass is 9.50. The van der Waals surface area contributed by atoms with Crippen LogP contribution in [0, 0.1) is 46.3 Å². The highest BCUT2D eigenvalue weighted by Gasteiger charge is 2.56. The van der Waals surface area contributed by atoms with Crippen LogP contribution in [0.5, 0.6) is 0 Å². The lowest BCUT2D eigenvalue weighted by Gasteiger charge is -2.55. The third-order valence-electron chi connectivity index (χ3n) is 10.5. The van der Waals surface area contributed by atoms with E-state index in [1.807, 2.05) is 0 Å². The molecule has 0 aromatic heterocycles. The highest BCUT2D eigenvalue weighted by atomic mass is 16.3. The molecule has 1 nitrogen and oxygen atoms in total. The zero-order chi connectivity index (χ0) is 21.0. The maximum atomic E-state index is 10.2. The molecule has 3 fully saturated rings. The first-order chi connectivity index (χ1) is 13.7. The van der Waals surface area contributed by atoms with E-state index in [9.17, 15) is 5.11 Å². The monoisotopic (exact) mass is 398 g/mol. The highest BCUT2D eigenvalue weighted by Crippen LogP contribution is 2.66. The average Bonchev–Trinajstić information content (AvgIpc) is 3.03. The van der Waals surface area contributed by atoms with E-state index < -0.39 is 0 Å². The van der Waals surface area contributed by atoms with Crippen LogP contribution in [0.3, 0.4) is 0 Å². The predicted molar refractivity (Wildman–Crippen MR) is 124 cm³/mol. The summed E-state index contributed by atoms with van der Waals surface area (Å²) in [6.07, 6.45) is 16.4. The molecule has 4 rings (SSSR count). The van der Waals surface area contributed by atoms with Crippen molar-refractivity contribution < 1.29 is 5.11 Å². The maximum absolute atomic E-state index is 10.2. The molecular weight excluding hydrogens is 352 g/mol. The minimum atomic E-state index is -0.108. The first kappa shape index (κ1) is 21.7. The number of aliphatic hydroxyl groups excluding tert-OH is 1. The Labute approximate surface area is 180 Å². The van der Waals surface area contributed by atoms with Gasteiger partial charge in [0, 0.05) is 0 Å². The zero-order valence-corrected chi connectivity index (χ0v) is 20.0. The van der Waals surface area contributed by atoms with E-state index in [-0.39, 0.29) is 6.10 Å². The quantitative estimate of drug-likeness (QED) is 0.506. The maximum Gasteiger partial charge on any atom is 0.0578 e. The third-order valence-corrected chi connectivity index (χ3v) is 10.5. The zero-order valence-electron chi connectivity index (χ0n) is 20.0. The van der Waals surface area contributed by atoms with Crippen molar-refractivity contribution in [1.82, 2.24) is 0 Å². The molecule has 4 aliphatic rings. The number of hydrogen-bond donors (Lipinski definition) is 1. The summed E-state index contributed by atoms with van der Waals surface area (Å²) in [5, 5.41) is 10.2. The Balaban J connectivity index is 1.52. The van der Waals surface area contributed by atoms with Crippen LogP contribution in [0.2, 0.25) is 0 Å². The highest BCUT2D eigenvalue weighted by molar-refractivity contribution is 5.38. The van der Waals surface area contributed by atoms with E-state index in [1.54, 1.807) is 11.1 Å². The van der Waals surface area contributed by atoms with Crippen molar-refractivity contribution in [2.24, 2.45) is 46.3 Å². The van der Waals surface area contributed by atoms with Gasteiger partial charge in [0.05, 0.1) is 6.10 Å². The molecule has 0 saturated heterocycles. The predicted octanol–water partition coefficient (Wildman–Crippen LogP) is 7.55. The van der Waals surface area contributed by atoms with E-state index in [0.717, 1.165) is 48.3 Å². The average molecular weight is 399 g/mol. The lowest BCUT2D eigenvalue weighted by molar-refractivity contribution is 0.0317. The summed E-state index contributed by atoms with van der Waals surface area (Å²) in [4.78, 5) is 0. The summed E-state index contributed by atoms with van der Waals surface area (Å²) in [5.41, 5.74) is 4.17. The van der Waals surface area contributed by atoms with Crippen LogP contribution in [0.4, 0.5) is 0 Å².